The van der Waals surface area contributed by atoms with E-state index in [0.29, 0.717) is 11.4 Å². The summed E-state index contributed by atoms with van der Waals surface area (Å²) in [6.07, 6.45) is 1.04. The van der Waals surface area contributed by atoms with E-state index < -0.39 is 0 Å². The van der Waals surface area contributed by atoms with Gasteiger partial charge in [-0.25, -0.2) is 14.4 Å². The number of benzene rings is 2. The Morgan fingerprint density at radius 3 is 2.63 bits per heavy atom. The Balaban J connectivity index is 1.53. The Hall–Kier alpha value is -2.57. The molecule has 0 spiro atoms. The molecule has 140 valence electrons. The summed E-state index contributed by atoms with van der Waals surface area (Å²) in [5, 5.41) is 4.39. The zero-order chi connectivity index (χ0) is 18.5. The Morgan fingerprint density at radius 1 is 1.00 bits per heavy atom. The largest absolute Gasteiger partial charge is 0.370 e. The van der Waals surface area contributed by atoms with Crippen molar-refractivity contribution in [3.05, 3.63) is 54.3 Å². The monoisotopic (exact) mass is 367 g/mol. The molecule has 0 aliphatic carbocycles. The fraction of sp³-hybridized carbons (Fsp3) is 0.333. The lowest BCUT2D eigenvalue weighted by Crippen LogP contribution is -3.14. The second kappa shape index (κ2) is 8.41. The summed E-state index contributed by atoms with van der Waals surface area (Å²) in [4.78, 5) is 10.8. The molecule has 2 aromatic carbocycles. The number of morpholine rings is 1. The lowest BCUT2D eigenvalue weighted by atomic mass is 10.1. The number of fused-ring (bicyclic) bond motifs is 1. The van der Waals surface area contributed by atoms with Crippen LogP contribution in [0.5, 0.6) is 0 Å². The second-order valence-electron chi connectivity index (χ2n) is 6.79. The average Bonchev–Trinajstić information content (AvgIpc) is 2.72. The highest BCUT2D eigenvalue weighted by Crippen LogP contribution is 2.26. The van der Waals surface area contributed by atoms with E-state index in [1.807, 2.05) is 24.3 Å². The molecule has 0 atom stereocenters. The van der Waals surface area contributed by atoms with Gasteiger partial charge in [-0.05, 0) is 24.3 Å². The molecule has 27 heavy (non-hydrogen) atoms. The molecule has 2 N–H and O–H groups in total. The Morgan fingerprint density at radius 2 is 1.78 bits per heavy atom. The van der Waals surface area contributed by atoms with Crippen LogP contribution < -0.4 is 10.2 Å². The van der Waals surface area contributed by atoms with Gasteiger partial charge >= 0.3 is 0 Å². The first-order valence-electron chi connectivity index (χ1n) is 9.48. The normalized spacial score (nSPS) is 15.1. The fourth-order valence-corrected chi connectivity index (χ4v) is 3.43. The van der Waals surface area contributed by atoms with Gasteiger partial charge < -0.3 is 15.0 Å². The summed E-state index contributed by atoms with van der Waals surface area (Å²) in [7, 11) is 0. The number of rotatable bonds is 6. The van der Waals surface area contributed by atoms with Gasteiger partial charge in [-0.1, -0.05) is 24.3 Å². The van der Waals surface area contributed by atoms with Crippen LogP contribution in [0.15, 0.2) is 48.5 Å². The number of aromatic nitrogens is 2. The van der Waals surface area contributed by atoms with E-state index in [-0.39, 0.29) is 5.82 Å². The van der Waals surface area contributed by atoms with Crippen LogP contribution in [0.2, 0.25) is 0 Å². The summed E-state index contributed by atoms with van der Waals surface area (Å²) < 4.78 is 19.6. The molecule has 3 aromatic rings. The van der Waals surface area contributed by atoms with Gasteiger partial charge in [0.15, 0.2) is 5.82 Å². The van der Waals surface area contributed by atoms with E-state index in [1.54, 1.807) is 23.1 Å². The third kappa shape index (κ3) is 4.23. The van der Waals surface area contributed by atoms with Crippen molar-refractivity contribution in [2.75, 3.05) is 44.7 Å². The van der Waals surface area contributed by atoms with Crippen LogP contribution in [0.4, 0.5) is 10.2 Å². The summed E-state index contributed by atoms with van der Waals surface area (Å²) in [5.74, 6) is 0.860. The number of hydrogen-bond donors (Lipinski definition) is 2. The second-order valence-corrected chi connectivity index (χ2v) is 6.79. The molecule has 0 radical (unpaired) electrons. The summed E-state index contributed by atoms with van der Waals surface area (Å²) in [5.41, 5.74) is 1.23. The lowest BCUT2D eigenvalue weighted by Gasteiger charge is -2.23. The van der Waals surface area contributed by atoms with Gasteiger partial charge in [0, 0.05) is 18.4 Å². The van der Waals surface area contributed by atoms with Gasteiger partial charge in [0.2, 0.25) is 0 Å². The number of hydrogen-bond acceptors (Lipinski definition) is 4. The molecule has 1 saturated heterocycles. The van der Waals surface area contributed by atoms with Crippen molar-refractivity contribution >= 4 is 16.7 Å². The number of anilines is 1. The van der Waals surface area contributed by atoms with Crippen LogP contribution in [-0.2, 0) is 4.74 Å². The molecule has 0 amide bonds. The number of halogens is 1. The molecule has 6 heteroatoms. The molecular weight excluding hydrogens is 343 g/mol. The zero-order valence-corrected chi connectivity index (χ0v) is 15.2. The predicted octanol–water partition coefficient (Wildman–Crippen LogP) is 2.15. The molecule has 5 nitrogen and oxygen atoms in total. The highest BCUT2D eigenvalue weighted by Gasteiger charge is 2.14. The smallest absolute Gasteiger partial charge is 0.165 e. The van der Waals surface area contributed by atoms with Crippen molar-refractivity contribution in [3.8, 4) is 11.4 Å². The molecular formula is C21H24FN4O+. The topological polar surface area (TPSA) is 51.5 Å². The average molecular weight is 367 g/mol. The molecule has 0 saturated carbocycles. The molecule has 1 aliphatic heterocycles. The standard InChI is InChI=1S/C21H23FN4O/c22-18-8-3-1-6-16(18)21-24-19-9-4-2-7-17(19)20(25-21)23-10-5-11-26-12-14-27-15-13-26/h1-4,6-9H,5,10-15H2,(H,23,24,25)/p+1. The van der Waals surface area contributed by atoms with Crippen LogP contribution in [-0.4, -0.2) is 49.4 Å². The first-order valence-corrected chi connectivity index (χ1v) is 9.48. The number of quaternary nitrogens is 1. The third-order valence-corrected chi connectivity index (χ3v) is 4.92. The van der Waals surface area contributed by atoms with Gasteiger partial charge in [-0.15, -0.1) is 0 Å². The summed E-state index contributed by atoms with van der Waals surface area (Å²) in [6, 6.07) is 14.5. The lowest BCUT2D eigenvalue weighted by molar-refractivity contribution is -0.908. The minimum absolute atomic E-state index is 0.311. The SMILES string of the molecule is Fc1ccccc1-c1nc(NCCC[NH+]2CCOCC2)c2ccccc2n1. The van der Waals surface area contributed by atoms with E-state index in [2.05, 4.69) is 15.3 Å². The predicted molar refractivity (Wildman–Crippen MR) is 104 cm³/mol. The quantitative estimate of drug-likeness (QED) is 0.656. The van der Waals surface area contributed by atoms with Gasteiger partial charge in [0.05, 0.1) is 30.8 Å². The van der Waals surface area contributed by atoms with Crippen LogP contribution in [0, 0.1) is 5.82 Å². The molecule has 1 aromatic heterocycles. The Labute approximate surface area is 158 Å². The summed E-state index contributed by atoms with van der Waals surface area (Å²) >= 11 is 0. The first kappa shape index (κ1) is 17.8. The molecule has 2 heterocycles. The number of ether oxygens (including phenoxy) is 1. The molecule has 1 aliphatic rings. The third-order valence-electron chi connectivity index (χ3n) is 4.92. The van der Waals surface area contributed by atoms with Crippen molar-refractivity contribution in [2.45, 2.75) is 6.42 Å². The van der Waals surface area contributed by atoms with Gasteiger partial charge in [-0.2, -0.15) is 0 Å². The molecule has 4 rings (SSSR count). The molecule has 0 bridgehead atoms. The zero-order valence-electron chi connectivity index (χ0n) is 15.2. The Kier molecular flexibility index (Phi) is 5.55. The minimum Gasteiger partial charge on any atom is -0.370 e. The van der Waals surface area contributed by atoms with E-state index >= 15 is 0 Å². The van der Waals surface area contributed by atoms with E-state index in [0.717, 1.165) is 62.5 Å². The maximum atomic E-state index is 14.2. The maximum absolute atomic E-state index is 14.2. The van der Waals surface area contributed by atoms with E-state index in [1.165, 1.54) is 6.07 Å². The van der Waals surface area contributed by atoms with Crippen LogP contribution >= 0.6 is 0 Å². The van der Waals surface area contributed by atoms with Gasteiger partial charge in [0.25, 0.3) is 0 Å². The van der Waals surface area contributed by atoms with Crippen molar-refractivity contribution in [1.29, 1.82) is 0 Å². The maximum Gasteiger partial charge on any atom is 0.165 e. The van der Waals surface area contributed by atoms with Gasteiger partial charge in [-0.3, -0.25) is 0 Å². The fourth-order valence-electron chi connectivity index (χ4n) is 3.43. The highest BCUT2D eigenvalue weighted by molar-refractivity contribution is 5.90. The van der Waals surface area contributed by atoms with Crippen LogP contribution in [0.25, 0.3) is 22.3 Å². The van der Waals surface area contributed by atoms with Crippen molar-refractivity contribution < 1.29 is 14.0 Å². The van der Waals surface area contributed by atoms with Crippen molar-refractivity contribution in [3.63, 3.8) is 0 Å². The first-order chi connectivity index (χ1) is 13.3. The van der Waals surface area contributed by atoms with Gasteiger partial charge in [0.1, 0.15) is 24.7 Å². The van der Waals surface area contributed by atoms with Crippen molar-refractivity contribution in [2.24, 2.45) is 0 Å². The van der Waals surface area contributed by atoms with Crippen LogP contribution in [0.1, 0.15) is 6.42 Å². The molecule has 1 fully saturated rings. The highest BCUT2D eigenvalue weighted by atomic mass is 19.1. The number of nitrogens with zero attached hydrogens (tertiary/aromatic N) is 2. The minimum atomic E-state index is -0.311. The molecule has 0 unspecified atom stereocenters. The Bertz CT molecular complexity index is 912. The van der Waals surface area contributed by atoms with Crippen molar-refractivity contribution in [1.82, 2.24) is 9.97 Å². The number of para-hydroxylation sites is 1. The van der Waals surface area contributed by atoms with Crippen LogP contribution in [0.3, 0.4) is 0 Å². The summed E-state index contributed by atoms with van der Waals surface area (Å²) in [6.45, 7) is 5.79. The van der Waals surface area contributed by atoms with E-state index in [4.69, 9.17) is 4.74 Å². The number of nitrogens with one attached hydrogen (secondary N) is 2. The van der Waals surface area contributed by atoms with E-state index in [9.17, 15) is 4.39 Å².